The van der Waals surface area contributed by atoms with Crippen LogP contribution in [0.2, 0.25) is 5.02 Å². The van der Waals surface area contributed by atoms with Crippen LogP contribution in [0.3, 0.4) is 0 Å². The maximum Gasteiger partial charge on any atom is 0.253 e. The maximum absolute atomic E-state index is 13.0. The lowest BCUT2D eigenvalue weighted by atomic mass is 10.1. The molecular formula is C22H27ClN2OS. The number of carbonyl (C=O) groups excluding carboxylic acids is 1. The smallest absolute Gasteiger partial charge is 0.253 e. The van der Waals surface area contributed by atoms with E-state index in [1.807, 2.05) is 47.0 Å². The Morgan fingerprint density at radius 2 is 1.81 bits per heavy atom. The lowest BCUT2D eigenvalue weighted by Crippen LogP contribution is -2.33. The van der Waals surface area contributed by atoms with Gasteiger partial charge in [-0.3, -0.25) is 4.79 Å². The van der Waals surface area contributed by atoms with Crippen LogP contribution in [0.4, 0.5) is 5.69 Å². The van der Waals surface area contributed by atoms with E-state index in [0.29, 0.717) is 5.25 Å². The van der Waals surface area contributed by atoms with E-state index >= 15 is 0 Å². The number of halogens is 1. The molecule has 1 amide bonds. The fourth-order valence-electron chi connectivity index (χ4n) is 3.54. The predicted octanol–water partition coefficient (Wildman–Crippen LogP) is 5.51. The Kier molecular flexibility index (Phi) is 7.08. The standard InChI is InChI=1S/C22H27ClN2OS/c1-3-24(4-2)18-11-9-17(10-12-18)22(26)25-14-13-21(27-16-15-25)19-7-5-6-8-20(19)23/h5-12,21H,3-4,13-16H2,1-2H3. The van der Waals surface area contributed by atoms with Gasteiger partial charge in [0.05, 0.1) is 0 Å². The molecule has 2 aromatic rings. The van der Waals surface area contributed by atoms with E-state index in [1.54, 1.807) is 0 Å². The highest BCUT2D eigenvalue weighted by Crippen LogP contribution is 2.38. The summed E-state index contributed by atoms with van der Waals surface area (Å²) in [5.41, 5.74) is 3.12. The Morgan fingerprint density at radius 1 is 1.11 bits per heavy atom. The number of benzene rings is 2. The Balaban J connectivity index is 1.66. The third-order valence-electron chi connectivity index (χ3n) is 5.12. The molecule has 1 aliphatic heterocycles. The summed E-state index contributed by atoms with van der Waals surface area (Å²) < 4.78 is 0. The van der Waals surface area contributed by atoms with Gasteiger partial charge in [-0.05, 0) is 56.2 Å². The van der Waals surface area contributed by atoms with Crippen molar-refractivity contribution in [1.29, 1.82) is 0 Å². The quantitative estimate of drug-likeness (QED) is 0.659. The Labute approximate surface area is 171 Å². The molecule has 144 valence electrons. The van der Waals surface area contributed by atoms with Crippen LogP contribution in [0, 0.1) is 0 Å². The molecule has 0 spiro atoms. The molecule has 1 unspecified atom stereocenters. The van der Waals surface area contributed by atoms with Crippen LogP contribution < -0.4 is 4.90 Å². The second-order valence-corrected chi connectivity index (χ2v) is 8.40. The van der Waals surface area contributed by atoms with Crippen molar-refractivity contribution in [3.63, 3.8) is 0 Å². The topological polar surface area (TPSA) is 23.6 Å². The highest BCUT2D eigenvalue weighted by atomic mass is 35.5. The van der Waals surface area contributed by atoms with Crippen LogP contribution in [0.5, 0.6) is 0 Å². The van der Waals surface area contributed by atoms with Gasteiger partial charge in [0.1, 0.15) is 0 Å². The van der Waals surface area contributed by atoms with E-state index < -0.39 is 0 Å². The van der Waals surface area contributed by atoms with E-state index in [-0.39, 0.29) is 5.91 Å². The van der Waals surface area contributed by atoms with Crippen molar-refractivity contribution in [2.45, 2.75) is 25.5 Å². The van der Waals surface area contributed by atoms with Crippen LogP contribution >= 0.6 is 23.4 Å². The van der Waals surface area contributed by atoms with Gasteiger partial charge in [0.25, 0.3) is 5.91 Å². The van der Waals surface area contributed by atoms with Crippen LogP contribution in [-0.4, -0.2) is 42.7 Å². The van der Waals surface area contributed by atoms with Gasteiger partial charge in [0, 0.05) is 53.5 Å². The van der Waals surface area contributed by atoms with Gasteiger partial charge >= 0.3 is 0 Å². The fourth-order valence-corrected chi connectivity index (χ4v) is 5.14. The highest BCUT2D eigenvalue weighted by Gasteiger charge is 2.24. The average Bonchev–Trinajstić information content (AvgIpc) is 2.95. The van der Waals surface area contributed by atoms with Crippen LogP contribution in [-0.2, 0) is 0 Å². The zero-order valence-corrected chi connectivity index (χ0v) is 17.6. The molecule has 1 atom stereocenters. The lowest BCUT2D eigenvalue weighted by Gasteiger charge is -2.23. The second-order valence-electron chi connectivity index (χ2n) is 6.68. The molecule has 1 fully saturated rings. The van der Waals surface area contributed by atoms with Crippen molar-refractivity contribution in [2.75, 3.05) is 36.8 Å². The Morgan fingerprint density at radius 3 is 2.48 bits per heavy atom. The molecule has 0 N–H and O–H groups in total. The number of nitrogens with zero attached hydrogens (tertiary/aromatic N) is 2. The van der Waals surface area contributed by atoms with Gasteiger partial charge < -0.3 is 9.80 Å². The molecule has 2 aromatic carbocycles. The Hall–Kier alpha value is -1.65. The van der Waals surface area contributed by atoms with E-state index in [9.17, 15) is 4.79 Å². The first-order chi connectivity index (χ1) is 13.1. The zero-order chi connectivity index (χ0) is 19.2. The number of anilines is 1. The summed E-state index contributed by atoms with van der Waals surface area (Å²) >= 11 is 8.27. The summed E-state index contributed by atoms with van der Waals surface area (Å²) in [4.78, 5) is 17.2. The molecule has 3 nitrogen and oxygen atoms in total. The van der Waals surface area contributed by atoms with Crippen molar-refractivity contribution >= 4 is 35.0 Å². The molecule has 0 aliphatic carbocycles. The normalized spacial score (nSPS) is 17.4. The van der Waals surface area contributed by atoms with E-state index in [0.717, 1.165) is 48.9 Å². The third kappa shape index (κ3) is 4.80. The number of hydrogen-bond donors (Lipinski definition) is 0. The third-order valence-corrected chi connectivity index (χ3v) is 6.78. The van der Waals surface area contributed by atoms with Crippen LogP contribution in [0.1, 0.15) is 41.4 Å². The SMILES string of the molecule is CCN(CC)c1ccc(C(=O)N2CCSC(c3ccccc3Cl)CC2)cc1. The minimum Gasteiger partial charge on any atom is -0.372 e. The molecule has 27 heavy (non-hydrogen) atoms. The maximum atomic E-state index is 13.0. The first kappa shape index (κ1) is 20.1. The molecule has 1 heterocycles. The predicted molar refractivity (Wildman–Crippen MR) is 117 cm³/mol. The summed E-state index contributed by atoms with van der Waals surface area (Å²) in [5, 5.41) is 1.17. The van der Waals surface area contributed by atoms with Gasteiger partial charge in [-0.2, -0.15) is 11.8 Å². The number of amides is 1. The van der Waals surface area contributed by atoms with E-state index in [2.05, 4.69) is 36.9 Å². The van der Waals surface area contributed by atoms with Crippen LogP contribution in [0.25, 0.3) is 0 Å². The lowest BCUT2D eigenvalue weighted by molar-refractivity contribution is 0.0766. The fraction of sp³-hybridized carbons (Fsp3) is 0.409. The monoisotopic (exact) mass is 402 g/mol. The number of hydrogen-bond acceptors (Lipinski definition) is 3. The van der Waals surface area contributed by atoms with Crippen LogP contribution in [0.15, 0.2) is 48.5 Å². The molecule has 5 heteroatoms. The summed E-state index contributed by atoms with van der Waals surface area (Å²) in [5.74, 6) is 1.06. The molecule has 1 aliphatic rings. The largest absolute Gasteiger partial charge is 0.372 e. The van der Waals surface area contributed by atoms with Crippen molar-refractivity contribution in [1.82, 2.24) is 4.90 Å². The average molecular weight is 403 g/mol. The van der Waals surface area contributed by atoms with Crippen molar-refractivity contribution in [2.24, 2.45) is 0 Å². The Bertz CT molecular complexity index is 761. The molecular weight excluding hydrogens is 376 g/mol. The number of rotatable bonds is 5. The first-order valence-corrected chi connectivity index (χ1v) is 11.1. The van der Waals surface area contributed by atoms with Gasteiger partial charge in [0.15, 0.2) is 0 Å². The summed E-state index contributed by atoms with van der Waals surface area (Å²) in [7, 11) is 0. The van der Waals surface area contributed by atoms with E-state index in [1.165, 1.54) is 11.3 Å². The molecule has 1 saturated heterocycles. The van der Waals surface area contributed by atoms with E-state index in [4.69, 9.17) is 11.6 Å². The summed E-state index contributed by atoms with van der Waals surface area (Å²) in [6.45, 7) is 7.77. The van der Waals surface area contributed by atoms with Crippen molar-refractivity contribution < 1.29 is 4.79 Å². The molecule has 0 radical (unpaired) electrons. The minimum absolute atomic E-state index is 0.126. The number of thioether (sulfide) groups is 1. The van der Waals surface area contributed by atoms with Gasteiger partial charge in [-0.15, -0.1) is 0 Å². The molecule has 0 aromatic heterocycles. The highest BCUT2D eigenvalue weighted by molar-refractivity contribution is 7.99. The van der Waals surface area contributed by atoms with Gasteiger partial charge in [-0.1, -0.05) is 29.8 Å². The van der Waals surface area contributed by atoms with Gasteiger partial charge in [0.2, 0.25) is 0 Å². The van der Waals surface area contributed by atoms with Crippen molar-refractivity contribution in [3.05, 3.63) is 64.7 Å². The van der Waals surface area contributed by atoms with Gasteiger partial charge in [-0.25, -0.2) is 0 Å². The molecule has 0 bridgehead atoms. The minimum atomic E-state index is 0.126. The van der Waals surface area contributed by atoms with Crippen molar-refractivity contribution in [3.8, 4) is 0 Å². The molecule has 3 rings (SSSR count). The zero-order valence-electron chi connectivity index (χ0n) is 16.0. The number of carbonyl (C=O) groups is 1. The second kappa shape index (κ2) is 9.52. The summed E-state index contributed by atoms with van der Waals surface area (Å²) in [6.07, 6.45) is 0.928. The summed E-state index contributed by atoms with van der Waals surface area (Å²) in [6, 6.07) is 16.1. The first-order valence-electron chi connectivity index (χ1n) is 9.64. The molecule has 0 saturated carbocycles.